The van der Waals surface area contributed by atoms with Crippen molar-refractivity contribution in [2.45, 2.75) is 44.6 Å². The number of aromatic nitrogens is 3. The highest BCUT2D eigenvalue weighted by molar-refractivity contribution is 4.90. The van der Waals surface area contributed by atoms with Gasteiger partial charge in [0.15, 0.2) is 0 Å². The molecule has 1 aliphatic rings. The lowest BCUT2D eigenvalue weighted by molar-refractivity contribution is 0.0630. The van der Waals surface area contributed by atoms with Crippen LogP contribution < -0.4 is 5.32 Å². The minimum Gasteiger partial charge on any atom is -0.381 e. The molecule has 0 saturated carbocycles. The number of nitrogens with zero attached hydrogens (tertiary/aromatic N) is 2. The SMILES string of the molecule is CNC(CCCCC1CCOCC1)c1ncn[nH]1. The summed E-state index contributed by atoms with van der Waals surface area (Å²) in [6.07, 6.45) is 9.07. The number of ether oxygens (including phenoxy) is 1. The molecule has 1 aromatic heterocycles. The number of hydrogen-bond donors (Lipinski definition) is 2. The molecule has 1 aliphatic heterocycles. The second-order valence-electron chi connectivity index (χ2n) is 5.05. The second kappa shape index (κ2) is 7.48. The number of nitrogens with one attached hydrogen (secondary N) is 2. The topological polar surface area (TPSA) is 62.8 Å². The van der Waals surface area contributed by atoms with Crippen LogP contribution in [0, 0.1) is 5.92 Å². The van der Waals surface area contributed by atoms with Crippen molar-refractivity contribution in [2.75, 3.05) is 20.3 Å². The van der Waals surface area contributed by atoms with Gasteiger partial charge in [-0.3, -0.25) is 5.10 Å². The van der Waals surface area contributed by atoms with E-state index < -0.39 is 0 Å². The van der Waals surface area contributed by atoms with Gasteiger partial charge in [0.1, 0.15) is 12.2 Å². The van der Waals surface area contributed by atoms with Crippen LogP contribution in [0.4, 0.5) is 0 Å². The molecule has 0 aromatic carbocycles. The van der Waals surface area contributed by atoms with Crippen molar-refractivity contribution in [1.29, 1.82) is 0 Å². The van der Waals surface area contributed by atoms with E-state index in [0.717, 1.165) is 31.4 Å². The van der Waals surface area contributed by atoms with Crippen molar-refractivity contribution in [3.63, 3.8) is 0 Å². The summed E-state index contributed by atoms with van der Waals surface area (Å²) in [5.74, 6) is 1.83. The van der Waals surface area contributed by atoms with Crippen LogP contribution in [-0.2, 0) is 4.74 Å². The van der Waals surface area contributed by atoms with E-state index in [4.69, 9.17) is 4.74 Å². The van der Waals surface area contributed by atoms with Crippen LogP contribution in [0.15, 0.2) is 6.33 Å². The first kappa shape index (κ1) is 13.5. The van der Waals surface area contributed by atoms with Crippen LogP contribution in [-0.4, -0.2) is 35.4 Å². The van der Waals surface area contributed by atoms with E-state index in [0.29, 0.717) is 6.04 Å². The molecule has 0 aliphatic carbocycles. The number of aromatic amines is 1. The van der Waals surface area contributed by atoms with E-state index in [-0.39, 0.29) is 0 Å². The van der Waals surface area contributed by atoms with Gasteiger partial charge in [0, 0.05) is 13.2 Å². The van der Waals surface area contributed by atoms with E-state index in [1.807, 2.05) is 7.05 Å². The summed E-state index contributed by atoms with van der Waals surface area (Å²) in [6, 6.07) is 0.308. The van der Waals surface area contributed by atoms with Gasteiger partial charge in [-0.1, -0.05) is 19.3 Å². The van der Waals surface area contributed by atoms with Gasteiger partial charge in [-0.25, -0.2) is 4.98 Å². The summed E-state index contributed by atoms with van der Waals surface area (Å²) >= 11 is 0. The van der Waals surface area contributed by atoms with Gasteiger partial charge in [-0.05, 0) is 32.2 Å². The second-order valence-corrected chi connectivity index (χ2v) is 5.05. The summed E-state index contributed by atoms with van der Waals surface area (Å²) in [7, 11) is 1.98. The van der Waals surface area contributed by atoms with Crippen molar-refractivity contribution in [1.82, 2.24) is 20.5 Å². The lowest BCUT2D eigenvalue weighted by Gasteiger charge is -2.22. The van der Waals surface area contributed by atoms with Gasteiger partial charge in [0.05, 0.1) is 6.04 Å². The zero-order chi connectivity index (χ0) is 12.6. The Labute approximate surface area is 109 Å². The normalized spacial score (nSPS) is 18.9. The third-order valence-corrected chi connectivity index (χ3v) is 3.81. The lowest BCUT2D eigenvalue weighted by Crippen LogP contribution is -2.18. The Morgan fingerprint density at radius 1 is 1.44 bits per heavy atom. The minimum atomic E-state index is 0.308. The molecule has 1 saturated heterocycles. The van der Waals surface area contributed by atoms with Crippen LogP contribution in [0.1, 0.15) is 50.4 Å². The third kappa shape index (κ3) is 4.07. The molecule has 1 atom stereocenters. The van der Waals surface area contributed by atoms with Crippen molar-refractivity contribution in [3.8, 4) is 0 Å². The van der Waals surface area contributed by atoms with E-state index in [1.165, 1.54) is 32.1 Å². The van der Waals surface area contributed by atoms with Gasteiger partial charge in [-0.2, -0.15) is 5.10 Å². The quantitative estimate of drug-likeness (QED) is 0.729. The monoisotopic (exact) mass is 252 g/mol. The maximum Gasteiger partial charge on any atom is 0.141 e. The predicted molar refractivity (Wildman–Crippen MR) is 70.2 cm³/mol. The average molecular weight is 252 g/mol. The number of rotatable bonds is 7. The fourth-order valence-electron chi connectivity index (χ4n) is 2.62. The van der Waals surface area contributed by atoms with Crippen molar-refractivity contribution < 1.29 is 4.74 Å². The standard InChI is InChI=1S/C13H24N4O/c1-14-12(13-15-10-16-17-13)5-3-2-4-11-6-8-18-9-7-11/h10-12,14H,2-9H2,1H3,(H,15,16,17). The van der Waals surface area contributed by atoms with Crippen molar-refractivity contribution in [3.05, 3.63) is 12.2 Å². The van der Waals surface area contributed by atoms with Gasteiger partial charge in [0.25, 0.3) is 0 Å². The van der Waals surface area contributed by atoms with Crippen molar-refractivity contribution >= 4 is 0 Å². The Hall–Kier alpha value is -0.940. The molecule has 5 heteroatoms. The van der Waals surface area contributed by atoms with Crippen molar-refractivity contribution in [2.24, 2.45) is 5.92 Å². The molecule has 18 heavy (non-hydrogen) atoms. The molecule has 2 heterocycles. The first-order valence-electron chi connectivity index (χ1n) is 7.00. The minimum absolute atomic E-state index is 0.308. The lowest BCUT2D eigenvalue weighted by atomic mass is 9.93. The summed E-state index contributed by atoms with van der Waals surface area (Å²) < 4.78 is 5.38. The first-order chi connectivity index (χ1) is 8.90. The molecule has 1 fully saturated rings. The Kier molecular flexibility index (Phi) is 5.61. The van der Waals surface area contributed by atoms with Gasteiger partial charge in [-0.15, -0.1) is 0 Å². The molecule has 5 nitrogen and oxygen atoms in total. The van der Waals surface area contributed by atoms with Crippen LogP contribution >= 0.6 is 0 Å². The van der Waals surface area contributed by atoms with Gasteiger partial charge in [0.2, 0.25) is 0 Å². The van der Waals surface area contributed by atoms with E-state index >= 15 is 0 Å². The molecular formula is C13H24N4O. The maximum atomic E-state index is 5.38. The Morgan fingerprint density at radius 2 is 2.28 bits per heavy atom. The average Bonchev–Trinajstić information content (AvgIpc) is 2.94. The van der Waals surface area contributed by atoms with Crippen LogP contribution in [0.25, 0.3) is 0 Å². The third-order valence-electron chi connectivity index (χ3n) is 3.81. The van der Waals surface area contributed by atoms with E-state index in [1.54, 1.807) is 6.33 Å². The van der Waals surface area contributed by atoms with E-state index in [2.05, 4.69) is 20.5 Å². The summed E-state index contributed by atoms with van der Waals surface area (Å²) in [4.78, 5) is 4.21. The van der Waals surface area contributed by atoms with Crippen LogP contribution in [0.5, 0.6) is 0 Å². The zero-order valence-electron chi connectivity index (χ0n) is 11.2. The molecule has 0 radical (unpaired) electrons. The Bertz CT molecular complexity index is 309. The number of hydrogen-bond acceptors (Lipinski definition) is 4. The molecular weight excluding hydrogens is 228 g/mol. The molecule has 0 bridgehead atoms. The molecule has 2 rings (SSSR count). The molecule has 2 N–H and O–H groups in total. The first-order valence-corrected chi connectivity index (χ1v) is 7.00. The largest absolute Gasteiger partial charge is 0.381 e. The maximum absolute atomic E-state index is 5.38. The van der Waals surface area contributed by atoms with E-state index in [9.17, 15) is 0 Å². The molecule has 102 valence electrons. The van der Waals surface area contributed by atoms with Crippen LogP contribution in [0.3, 0.4) is 0 Å². The highest BCUT2D eigenvalue weighted by atomic mass is 16.5. The summed E-state index contributed by atoms with van der Waals surface area (Å²) in [6.45, 7) is 1.92. The zero-order valence-corrected chi connectivity index (χ0v) is 11.2. The summed E-state index contributed by atoms with van der Waals surface area (Å²) in [5, 5.41) is 10.1. The smallest absolute Gasteiger partial charge is 0.141 e. The highest BCUT2D eigenvalue weighted by Gasteiger charge is 2.15. The molecule has 0 amide bonds. The highest BCUT2D eigenvalue weighted by Crippen LogP contribution is 2.23. The fourth-order valence-corrected chi connectivity index (χ4v) is 2.62. The summed E-state index contributed by atoms with van der Waals surface area (Å²) in [5.41, 5.74) is 0. The fraction of sp³-hybridized carbons (Fsp3) is 0.846. The Balaban J connectivity index is 1.61. The van der Waals surface area contributed by atoms with Gasteiger partial charge >= 0.3 is 0 Å². The number of H-pyrrole nitrogens is 1. The Morgan fingerprint density at radius 3 is 2.94 bits per heavy atom. The predicted octanol–water partition coefficient (Wildman–Crippen LogP) is 2.05. The molecule has 0 spiro atoms. The number of unbranched alkanes of at least 4 members (excludes halogenated alkanes) is 1. The molecule has 1 aromatic rings. The van der Waals surface area contributed by atoms with Gasteiger partial charge < -0.3 is 10.1 Å². The van der Waals surface area contributed by atoms with Crippen LogP contribution in [0.2, 0.25) is 0 Å². The molecule has 1 unspecified atom stereocenters.